The first-order chi connectivity index (χ1) is 8.79. The lowest BCUT2D eigenvalue weighted by Gasteiger charge is -2.21. The Balaban J connectivity index is 2.19. The van der Waals surface area contributed by atoms with Crippen molar-refractivity contribution in [1.82, 2.24) is 15.1 Å². The van der Waals surface area contributed by atoms with E-state index in [-0.39, 0.29) is 17.3 Å². The van der Waals surface area contributed by atoms with Gasteiger partial charge >= 0.3 is 0 Å². The van der Waals surface area contributed by atoms with Crippen LogP contribution in [0.25, 0.3) is 0 Å². The van der Waals surface area contributed by atoms with Crippen molar-refractivity contribution in [3.63, 3.8) is 0 Å². The average Bonchev–Trinajstić information content (AvgIpc) is 3.03. The normalized spacial score (nSPS) is 18.1. The summed E-state index contributed by atoms with van der Waals surface area (Å²) in [7, 11) is 0. The van der Waals surface area contributed by atoms with Crippen LogP contribution in [0.3, 0.4) is 0 Å². The maximum absolute atomic E-state index is 13.3. The largest absolute Gasteiger partial charge is 0.308 e. The van der Waals surface area contributed by atoms with Crippen LogP contribution in [0.15, 0.2) is 6.20 Å². The van der Waals surface area contributed by atoms with E-state index in [9.17, 15) is 8.78 Å². The van der Waals surface area contributed by atoms with E-state index >= 15 is 0 Å². The molecule has 1 aromatic rings. The van der Waals surface area contributed by atoms with Crippen molar-refractivity contribution in [3.05, 3.63) is 17.5 Å². The van der Waals surface area contributed by atoms with Gasteiger partial charge in [0.15, 0.2) is 0 Å². The van der Waals surface area contributed by atoms with Crippen molar-refractivity contribution < 1.29 is 8.78 Å². The SMILES string of the molecule is CC(C1CC1)n1ncc(CNC(C)(C)C)c1C(F)F. The first-order valence-electron chi connectivity index (χ1n) is 6.89. The van der Waals surface area contributed by atoms with Crippen molar-refractivity contribution in [2.24, 2.45) is 5.92 Å². The predicted octanol–water partition coefficient (Wildman–Crippen LogP) is 3.68. The third-order valence-electron chi connectivity index (χ3n) is 3.62. The first kappa shape index (κ1) is 14.4. The quantitative estimate of drug-likeness (QED) is 0.885. The third-order valence-corrected chi connectivity index (χ3v) is 3.62. The smallest absolute Gasteiger partial charge is 0.280 e. The lowest BCUT2D eigenvalue weighted by molar-refractivity contribution is 0.133. The highest BCUT2D eigenvalue weighted by molar-refractivity contribution is 5.20. The lowest BCUT2D eigenvalue weighted by Crippen LogP contribution is -2.35. The Morgan fingerprint density at radius 3 is 2.53 bits per heavy atom. The summed E-state index contributed by atoms with van der Waals surface area (Å²) in [5, 5.41) is 7.44. The van der Waals surface area contributed by atoms with Crippen LogP contribution >= 0.6 is 0 Å². The molecule has 0 aromatic carbocycles. The minimum absolute atomic E-state index is 0.0763. The molecule has 1 aliphatic rings. The first-order valence-corrected chi connectivity index (χ1v) is 6.89. The highest BCUT2D eigenvalue weighted by Crippen LogP contribution is 2.41. The number of rotatable bonds is 5. The molecule has 1 heterocycles. The maximum atomic E-state index is 13.3. The summed E-state index contributed by atoms with van der Waals surface area (Å²) in [5.74, 6) is 0.515. The van der Waals surface area contributed by atoms with Gasteiger partial charge in [-0.25, -0.2) is 8.78 Å². The molecule has 0 aliphatic heterocycles. The van der Waals surface area contributed by atoms with Gasteiger partial charge in [0.05, 0.1) is 12.2 Å². The molecule has 3 nitrogen and oxygen atoms in total. The van der Waals surface area contributed by atoms with Gasteiger partial charge in [0, 0.05) is 17.6 Å². The number of nitrogens with one attached hydrogen (secondary N) is 1. The number of hydrogen-bond donors (Lipinski definition) is 1. The van der Waals surface area contributed by atoms with Gasteiger partial charge < -0.3 is 5.32 Å². The van der Waals surface area contributed by atoms with Crippen LogP contribution in [0.5, 0.6) is 0 Å². The molecule has 0 spiro atoms. The molecule has 0 amide bonds. The number of alkyl halides is 2. The fourth-order valence-electron chi connectivity index (χ4n) is 2.25. The molecule has 1 saturated carbocycles. The summed E-state index contributed by atoms with van der Waals surface area (Å²) in [4.78, 5) is 0. The van der Waals surface area contributed by atoms with E-state index in [2.05, 4.69) is 10.4 Å². The number of halogens is 2. The Morgan fingerprint density at radius 1 is 1.42 bits per heavy atom. The minimum Gasteiger partial charge on any atom is -0.308 e. The van der Waals surface area contributed by atoms with Crippen molar-refractivity contribution in [1.29, 1.82) is 0 Å². The monoisotopic (exact) mass is 271 g/mol. The molecule has 108 valence electrons. The molecule has 0 bridgehead atoms. The van der Waals surface area contributed by atoms with Gasteiger partial charge in [-0.2, -0.15) is 5.10 Å². The second-order valence-electron chi connectivity index (χ2n) is 6.48. The van der Waals surface area contributed by atoms with Gasteiger partial charge in [0.2, 0.25) is 0 Å². The molecule has 1 aliphatic carbocycles. The Bertz CT molecular complexity index is 430. The molecular formula is C14H23F2N3. The second-order valence-corrected chi connectivity index (χ2v) is 6.48. The fraction of sp³-hybridized carbons (Fsp3) is 0.786. The Hall–Kier alpha value is -0.970. The zero-order valence-corrected chi connectivity index (χ0v) is 12.1. The highest BCUT2D eigenvalue weighted by Gasteiger charge is 2.33. The van der Waals surface area contributed by atoms with Gasteiger partial charge in [0.25, 0.3) is 6.43 Å². The zero-order valence-electron chi connectivity index (χ0n) is 12.1. The maximum Gasteiger partial charge on any atom is 0.280 e. The van der Waals surface area contributed by atoms with Crippen LogP contribution in [-0.4, -0.2) is 15.3 Å². The van der Waals surface area contributed by atoms with E-state index in [1.54, 1.807) is 6.20 Å². The summed E-state index contributed by atoms with van der Waals surface area (Å²) < 4.78 is 28.1. The van der Waals surface area contributed by atoms with Gasteiger partial charge in [-0.1, -0.05) is 0 Å². The van der Waals surface area contributed by atoms with Crippen LogP contribution in [0, 0.1) is 5.92 Å². The summed E-state index contributed by atoms with van der Waals surface area (Å²) in [6.07, 6.45) is 1.36. The summed E-state index contributed by atoms with van der Waals surface area (Å²) in [6, 6.07) is 0.0763. The van der Waals surface area contributed by atoms with E-state index in [1.807, 2.05) is 27.7 Å². The van der Waals surface area contributed by atoms with Crippen LogP contribution in [0.4, 0.5) is 8.78 Å². The van der Waals surface area contributed by atoms with Crippen LogP contribution in [-0.2, 0) is 6.54 Å². The van der Waals surface area contributed by atoms with E-state index < -0.39 is 6.43 Å². The van der Waals surface area contributed by atoms with E-state index in [1.165, 1.54) is 4.68 Å². The Morgan fingerprint density at radius 2 is 2.05 bits per heavy atom. The van der Waals surface area contributed by atoms with Crippen molar-refractivity contribution in [3.8, 4) is 0 Å². The van der Waals surface area contributed by atoms with Crippen molar-refractivity contribution >= 4 is 0 Å². The molecule has 1 fully saturated rings. The lowest BCUT2D eigenvalue weighted by atomic mass is 10.1. The topological polar surface area (TPSA) is 29.9 Å². The molecule has 2 rings (SSSR count). The van der Waals surface area contributed by atoms with E-state index in [4.69, 9.17) is 0 Å². The van der Waals surface area contributed by atoms with Gasteiger partial charge in [-0.15, -0.1) is 0 Å². The van der Waals surface area contributed by atoms with E-state index in [0.717, 1.165) is 12.8 Å². The molecule has 0 radical (unpaired) electrons. The average molecular weight is 271 g/mol. The molecule has 1 atom stereocenters. The highest BCUT2D eigenvalue weighted by atomic mass is 19.3. The van der Waals surface area contributed by atoms with Crippen LogP contribution in [0.2, 0.25) is 0 Å². The summed E-state index contributed by atoms with van der Waals surface area (Å²) in [5.41, 5.74) is 0.595. The van der Waals surface area contributed by atoms with Crippen LogP contribution < -0.4 is 5.32 Å². The number of nitrogens with zero attached hydrogens (tertiary/aromatic N) is 2. The number of aromatic nitrogens is 2. The van der Waals surface area contributed by atoms with Crippen molar-refractivity contribution in [2.75, 3.05) is 0 Å². The fourth-order valence-corrected chi connectivity index (χ4v) is 2.25. The van der Waals surface area contributed by atoms with E-state index in [0.29, 0.717) is 18.0 Å². The number of hydrogen-bond acceptors (Lipinski definition) is 2. The van der Waals surface area contributed by atoms with Gasteiger partial charge in [-0.3, -0.25) is 4.68 Å². The van der Waals surface area contributed by atoms with Crippen molar-refractivity contribution in [2.45, 2.75) is 65.1 Å². The molecule has 19 heavy (non-hydrogen) atoms. The minimum atomic E-state index is -2.47. The molecular weight excluding hydrogens is 248 g/mol. The van der Waals surface area contributed by atoms with Crippen LogP contribution in [0.1, 0.15) is 64.3 Å². The predicted molar refractivity (Wildman–Crippen MR) is 71.2 cm³/mol. The molecule has 0 saturated heterocycles. The summed E-state index contributed by atoms with van der Waals surface area (Å²) in [6.45, 7) is 8.48. The standard InChI is InChI=1S/C14H23F2N3/c1-9(10-5-6-10)19-12(13(15)16)11(8-18-19)7-17-14(2,3)4/h8-10,13,17H,5-7H2,1-4H3. The third kappa shape index (κ3) is 3.53. The second kappa shape index (κ2) is 5.19. The molecule has 5 heteroatoms. The molecule has 1 unspecified atom stereocenters. The summed E-state index contributed by atoms with van der Waals surface area (Å²) >= 11 is 0. The van der Waals surface area contributed by atoms with Gasteiger partial charge in [-0.05, 0) is 46.5 Å². The zero-order chi connectivity index (χ0) is 14.2. The molecule has 1 N–H and O–H groups in total. The van der Waals surface area contributed by atoms with Gasteiger partial charge in [0.1, 0.15) is 5.69 Å². The Labute approximate surface area is 113 Å². The molecule has 1 aromatic heterocycles. The Kier molecular flexibility index (Phi) is 3.95.